The van der Waals surface area contributed by atoms with E-state index < -0.39 is 0 Å². The van der Waals surface area contributed by atoms with E-state index in [0.717, 1.165) is 51.7 Å². The maximum Gasteiger partial charge on any atom is 0.144 e. The smallest absolute Gasteiger partial charge is 0.144 e. The van der Waals surface area contributed by atoms with E-state index in [-0.39, 0.29) is 22.2 Å². The minimum atomic E-state index is -0.280. The second-order valence-corrected chi connectivity index (χ2v) is 24.7. The fourth-order valence-electron chi connectivity index (χ4n) is 15.1. The van der Waals surface area contributed by atoms with Crippen molar-refractivity contribution in [3.05, 3.63) is 275 Å². The predicted octanol–water partition coefficient (Wildman–Crippen LogP) is 21.0. The van der Waals surface area contributed by atoms with Crippen molar-refractivity contribution in [1.82, 2.24) is 0 Å². The Morgan fingerprint density at radius 1 is 0.325 bits per heavy atom. The van der Waals surface area contributed by atoms with Crippen molar-refractivity contribution in [2.24, 2.45) is 0 Å². The van der Waals surface area contributed by atoms with Gasteiger partial charge in [0.25, 0.3) is 0 Å². The van der Waals surface area contributed by atoms with Gasteiger partial charge in [-0.1, -0.05) is 248 Å². The van der Waals surface area contributed by atoms with E-state index in [1.54, 1.807) is 0 Å². The number of hydrogen-bond donors (Lipinski definition) is 0. The third kappa shape index (κ3) is 6.72. The van der Waals surface area contributed by atoms with Crippen LogP contribution >= 0.6 is 0 Å². The summed E-state index contributed by atoms with van der Waals surface area (Å²) in [6.07, 6.45) is 1.78. The van der Waals surface area contributed by atoms with Crippen molar-refractivity contribution < 1.29 is 8.83 Å². The molecule has 0 aliphatic heterocycles. The predicted molar refractivity (Wildman–Crippen MR) is 333 cm³/mol. The standard InChI is InChI=1S/C78H60O2/c1-76(2)62-42-46(32-38-56(62)67-64(76)45-60(74-69(67)58-27-14-17-30-65(58)79-74)51-36-34-50(35-37-51)48-20-9-7-10-21-48)40-54(53-25-19-24-52(44-53)49-22-11-8-12-23-49)41-47-33-39-57-63(43-47)78(5,6)73-71(57)75-70(59-28-15-18-31-66(59)80-75)68-55-26-13-16-29-61(55)77(3,4)72(68)73/h7-39,42-45,54H,40-41H2,1-6H3. The summed E-state index contributed by atoms with van der Waals surface area (Å²) < 4.78 is 14.0. The number of rotatable bonds is 8. The Labute approximate surface area is 468 Å². The molecular formula is C78H60O2. The van der Waals surface area contributed by atoms with Crippen LogP contribution in [0.15, 0.2) is 233 Å². The molecule has 0 saturated carbocycles. The van der Waals surface area contributed by atoms with Gasteiger partial charge in [0.2, 0.25) is 0 Å². The van der Waals surface area contributed by atoms with Gasteiger partial charge in [-0.25, -0.2) is 0 Å². The fourth-order valence-corrected chi connectivity index (χ4v) is 15.1. The second kappa shape index (κ2) is 17.0. The summed E-state index contributed by atoms with van der Waals surface area (Å²) in [6, 6.07) is 83.5. The van der Waals surface area contributed by atoms with Gasteiger partial charge in [0.05, 0.1) is 0 Å². The van der Waals surface area contributed by atoms with Gasteiger partial charge in [-0.3, -0.25) is 0 Å². The molecule has 1 unspecified atom stereocenters. The van der Waals surface area contributed by atoms with Gasteiger partial charge in [-0.2, -0.15) is 0 Å². The Bertz CT molecular complexity index is 4710. The molecule has 0 fully saturated rings. The first-order valence-electron chi connectivity index (χ1n) is 28.6. The van der Waals surface area contributed by atoms with Crippen LogP contribution in [0.3, 0.4) is 0 Å². The van der Waals surface area contributed by atoms with Gasteiger partial charge in [-0.05, 0) is 143 Å². The summed E-state index contributed by atoms with van der Waals surface area (Å²) in [4.78, 5) is 0. The van der Waals surface area contributed by atoms with E-state index in [0.29, 0.717) is 0 Å². The van der Waals surface area contributed by atoms with Crippen LogP contribution in [0, 0.1) is 0 Å². The fraction of sp³-hybridized carbons (Fsp3) is 0.154. The molecule has 2 heterocycles. The number of benzene rings is 11. The Hall–Kier alpha value is -8.98. The van der Waals surface area contributed by atoms with Crippen molar-refractivity contribution in [1.29, 1.82) is 0 Å². The second-order valence-electron chi connectivity index (χ2n) is 24.7. The van der Waals surface area contributed by atoms with Gasteiger partial charge < -0.3 is 8.83 Å². The van der Waals surface area contributed by atoms with Crippen molar-refractivity contribution in [2.45, 2.75) is 76.5 Å². The van der Waals surface area contributed by atoms with Crippen LogP contribution in [0.5, 0.6) is 0 Å². The van der Waals surface area contributed by atoms with Crippen LogP contribution in [-0.4, -0.2) is 0 Å². The average molecular weight is 1030 g/mol. The van der Waals surface area contributed by atoms with E-state index in [9.17, 15) is 0 Å². The van der Waals surface area contributed by atoms with E-state index in [1.807, 2.05) is 0 Å². The molecular weight excluding hydrogens is 969 g/mol. The largest absolute Gasteiger partial charge is 0.455 e. The Morgan fingerprint density at radius 3 is 1.49 bits per heavy atom. The van der Waals surface area contributed by atoms with Crippen molar-refractivity contribution in [2.75, 3.05) is 0 Å². The summed E-state index contributed by atoms with van der Waals surface area (Å²) in [5.41, 5.74) is 30.5. The normalized spacial score (nSPS) is 15.2. The first kappa shape index (κ1) is 47.1. The molecule has 2 nitrogen and oxygen atoms in total. The van der Waals surface area contributed by atoms with E-state index in [1.165, 1.54) is 122 Å². The first-order chi connectivity index (χ1) is 38.9. The van der Waals surface area contributed by atoms with Gasteiger partial charge in [0.15, 0.2) is 0 Å². The lowest BCUT2D eigenvalue weighted by Gasteiger charge is -2.31. The molecule has 0 spiro atoms. The molecule has 384 valence electrons. The zero-order valence-electron chi connectivity index (χ0n) is 46.2. The Kier molecular flexibility index (Phi) is 10.0. The lowest BCUT2D eigenvalue weighted by atomic mass is 9.72. The molecule has 13 aromatic rings. The van der Waals surface area contributed by atoms with Crippen LogP contribution < -0.4 is 0 Å². The van der Waals surface area contributed by atoms with Crippen LogP contribution in [0.4, 0.5) is 0 Å². The van der Waals surface area contributed by atoms with Crippen LogP contribution in [0.1, 0.15) is 97.5 Å². The summed E-state index contributed by atoms with van der Waals surface area (Å²) in [6.45, 7) is 14.7. The molecule has 2 heteroatoms. The highest BCUT2D eigenvalue weighted by molar-refractivity contribution is 6.21. The zero-order valence-corrected chi connectivity index (χ0v) is 46.2. The topological polar surface area (TPSA) is 26.3 Å². The monoisotopic (exact) mass is 1030 g/mol. The summed E-state index contributed by atoms with van der Waals surface area (Å²) in [5.74, 6) is 0.197. The van der Waals surface area contributed by atoms with Crippen LogP contribution in [0.2, 0.25) is 0 Å². The van der Waals surface area contributed by atoms with Gasteiger partial charge in [-0.15, -0.1) is 0 Å². The van der Waals surface area contributed by atoms with Crippen molar-refractivity contribution in [3.63, 3.8) is 0 Å². The Balaban J connectivity index is 0.815. The first-order valence-corrected chi connectivity index (χ1v) is 28.6. The lowest BCUT2D eigenvalue weighted by Crippen LogP contribution is -2.24. The average Bonchev–Trinajstić information content (AvgIpc) is 4.44. The van der Waals surface area contributed by atoms with Crippen LogP contribution in [-0.2, 0) is 29.1 Å². The van der Waals surface area contributed by atoms with E-state index in [2.05, 4.69) is 266 Å². The minimum Gasteiger partial charge on any atom is -0.455 e. The molecule has 3 aliphatic carbocycles. The highest BCUT2D eigenvalue weighted by Crippen LogP contribution is 2.63. The molecule has 11 aromatic carbocycles. The minimum absolute atomic E-state index is 0.193. The molecule has 3 aliphatic rings. The molecule has 0 bridgehead atoms. The molecule has 2 aromatic heterocycles. The van der Waals surface area contributed by atoms with Crippen molar-refractivity contribution >= 4 is 43.9 Å². The van der Waals surface area contributed by atoms with Gasteiger partial charge >= 0.3 is 0 Å². The highest BCUT2D eigenvalue weighted by Gasteiger charge is 2.49. The molecule has 0 N–H and O–H groups in total. The number of para-hydroxylation sites is 2. The molecule has 0 amide bonds. The van der Waals surface area contributed by atoms with Crippen LogP contribution in [0.25, 0.3) is 111 Å². The van der Waals surface area contributed by atoms with Gasteiger partial charge in [0.1, 0.15) is 22.3 Å². The molecule has 16 rings (SSSR count). The third-order valence-corrected chi connectivity index (χ3v) is 19.0. The molecule has 0 radical (unpaired) electrons. The third-order valence-electron chi connectivity index (χ3n) is 19.0. The maximum absolute atomic E-state index is 7.06. The summed E-state index contributed by atoms with van der Waals surface area (Å²) in [7, 11) is 0. The quantitative estimate of drug-likeness (QED) is 0.152. The lowest BCUT2D eigenvalue weighted by molar-refractivity contribution is 0.599. The SMILES string of the molecule is CC1(C)c2cc(CC(Cc3ccc4c(c3)C(C)(C)c3c5c(c6c(oc7ccccc76)c3-4)-c3ccccc3C5(C)C)c3cccc(-c4ccccc4)c3)ccc2-c2c1cc(-c1ccc(-c3ccccc3)cc1)c1oc3ccccc3c21. The maximum atomic E-state index is 7.06. The summed E-state index contributed by atoms with van der Waals surface area (Å²) in [5, 5.41) is 4.80. The van der Waals surface area contributed by atoms with E-state index in [4.69, 9.17) is 8.83 Å². The number of fused-ring (bicyclic) bond motifs is 19. The zero-order chi connectivity index (χ0) is 53.8. The van der Waals surface area contributed by atoms with Crippen molar-refractivity contribution in [3.8, 4) is 66.8 Å². The summed E-state index contributed by atoms with van der Waals surface area (Å²) >= 11 is 0. The van der Waals surface area contributed by atoms with E-state index >= 15 is 0 Å². The molecule has 0 saturated heterocycles. The molecule has 80 heavy (non-hydrogen) atoms. The molecule has 1 atom stereocenters. The van der Waals surface area contributed by atoms with Gasteiger partial charge in [0, 0.05) is 48.9 Å². The highest BCUT2D eigenvalue weighted by atomic mass is 16.3. The number of hydrogen-bond acceptors (Lipinski definition) is 2. The Morgan fingerprint density at radius 2 is 0.812 bits per heavy atom. The number of furan rings is 2.